The predicted octanol–water partition coefficient (Wildman–Crippen LogP) is 1.69. The van der Waals surface area contributed by atoms with Crippen LogP contribution in [0.3, 0.4) is 0 Å². The first-order chi connectivity index (χ1) is 7.22. The van der Waals surface area contributed by atoms with Crippen LogP contribution < -0.4 is 4.74 Å². The van der Waals surface area contributed by atoms with E-state index in [1.807, 2.05) is 0 Å². The van der Waals surface area contributed by atoms with E-state index in [0.29, 0.717) is 0 Å². The molecule has 0 aliphatic heterocycles. The van der Waals surface area contributed by atoms with Crippen LogP contribution in [-0.4, -0.2) is 27.5 Å². The van der Waals surface area contributed by atoms with Crippen molar-refractivity contribution in [2.75, 3.05) is 0 Å². The first-order valence-electron chi connectivity index (χ1n) is 3.90. The third kappa shape index (κ3) is 2.53. The normalized spacial score (nSPS) is 11.2. The third-order valence-corrected chi connectivity index (χ3v) is 1.64. The maximum Gasteiger partial charge on any atom is 0.574 e. The van der Waals surface area contributed by atoms with E-state index >= 15 is 0 Å². The monoisotopic (exact) mass is 237 g/mol. The molecule has 8 heteroatoms. The second-order valence-corrected chi connectivity index (χ2v) is 2.82. The van der Waals surface area contributed by atoms with E-state index < -0.39 is 29.5 Å². The fourth-order valence-electron chi connectivity index (χ4n) is 1.03. The molecule has 1 heterocycles. The van der Waals surface area contributed by atoms with Crippen LogP contribution in [0.1, 0.15) is 15.9 Å². The molecule has 0 aliphatic carbocycles. The van der Waals surface area contributed by atoms with Gasteiger partial charge in [-0.3, -0.25) is 0 Å². The smallest absolute Gasteiger partial charge is 0.502 e. The number of carboxylic acid groups (broad SMARTS) is 1. The summed E-state index contributed by atoms with van der Waals surface area (Å²) in [5.41, 5.74) is -0.645. The summed E-state index contributed by atoms with van der Waals surface area (Å²) in [5.74, 6) is -3.90. The second kappa shape index (κ2) is 3.87. The number of carbonyl (C=O) groups is 1. The van der Waals surface area contributed by atoms with Gasteiger partial charge in [-0.1, -0.05) is 0 Å². The van der Waals surface area contributed by atoms with Gasteiger partial charge in [0.15, 0.2) is 5.75 Å². The summed E-state index contributed by atoms with van der Waals surface area (Å²) in [4.78, 5) is 13.8. The summed E-state index contributed by atoms with van der Waals surface area (Å²) in [6, 6.07) is 0. The molecular weight excluding hydrogens is 231 g/mol. The van der Waals surface area contributed by atoms with Crippen LogP contribution in [-0.2, 0) is 0 Å². The van der Waals surface area contributed by atoms with Crippen molar-refractivity contribution in [3.05, 3.63) is 17.3 Å². The van der Waals surface area contributed by atoms with Crippen molar-refractivity contribution in [3.8, 4) is 11.6 Å². The first-order valence-corrected chi connectivity index (χ1v) is 3.90. The second-order valence-electron chi connectivity index (χ2n) is 2.82. The van der Waals surface area contributed by atoms with Crippen LogP contribution in [0.25, 0.3) is 0 Å². The minimum absolute atomic E-state index is 0.0273. The Balaban J connectivity index is 3.24. The number of aromatic nitrogens is 1. The fraction of sp³-hybridized carbons (Fsp3) is 0.250. The summed E-state index contributed by atoms with van der Waals surface area (Å²) in [7, 11) is 0. The highest BCUT2D eigenvalue weighted by atomic mass is 19.4. The minimum atomic E-state index is -5.05. The van der Waals surface area contributed by atoms with Crippen LogP contribution >= 0.6 is 0 Å². The molecule has 5 nitrogen and oxygen atoms in total. The van der Waals surface area contributed by atoms with Gasteiger partial charge in [-0.15, -0.1) is 13.2 Å². The Hall–Kier alpha value is -1.99. The van der Waals surface area contributed by atoms with Gasteiger partial charge < -0.3 is 14.9 Å². The summed E-state index contributed by atoms with van der Waals surface area (Å²) < 4.78 is 38.9. The number of alkyl halides is 3. The number of aromatic hydroxyl groups is 1. The summed E-state index contributed by atoms with van der Waals surface area (Å²) >= 11 is 0. The number of hydrogen-bond donors (Lipinski definition) is 2. The van der Waals surface area contributed by atoms with Crippen molar-refractivity contribution in [1.82, 2.24) is 4.98 Å². The molecule has 88 valence electrons. The molecule has 0 aliphatic rings. The molecule has 0 unspecified atom stereocenters. The molecule has 16 heavy (non-hydrogen) atoms. The Morgan fingerprint density at radius 2 is 2.06 bits per heavy atom. The number of pyridine rings is 1. The molecular formula is C8H6F3NO4. The van der Waals surface area contributed by atoms with Crippen molar-refractivity contribution in [2.45, 2.75) is 13.3 Å². The SMILES string of the molecule is Cc1cnc(OC(F)(F)F)c(O)c1C(=O)O. The van der Waals surface area contributed by atoms with Gasteiger partial charge >= 0.3 is 12.3 Å². The maximum atomic E-state index is 11.8. The van der Waals surface area contributed by atoms with E-state index in [1.165, 1.54) is 6.92 Å². The lowest BCUT2D eigenvalue weighted by molar-refractivity contribution is -0.276. The number of nitrogens with zero attached hydrogens (tertiary/aromatic N) is 1. The molecule has 0 spiro atoms. The standard InChI is InChI=1S/C8H6F3NO4/c1-3-2-12-6(16-8(9,10)11)5(13)4(3)7(14)15/h2,13H,1H3,(H,14,15). The van der Waals surface area contributed by atoms with Gasteiger partial charge in [0.2, 0.25) is 0 Å². The van der Waals surface area contributed by atoms with Crippen LogP contribution in [0, 0.1) is 6.92 Å². The van der Waals surface area contributed by atoms with Gasteiger partial charge in [0, 0.05) is 6.20 Å². The largest absolute Gasteiger partial charge is 0.574 e. The van der Waals surface area contributed by atoms with Gasteiger partial charge in [0.1, 0.15) is 5.56 Å². The number of hydrogen-bond acceptors (Lipinski definition) is 4. The van der Waals surface area contributed by atoms with E-state index in [-0.39, 0.29) is 5.56 Å². The van der Waals surface area contributed by atoms with E-state index in [1.54, 1.807) is 0 Å². The molecule has 0 amide bonds. The topological polar surface area (TPSA) is 79.7 Å². The Kier molecular flexibility index (Phi) is 2.92. The number of ether oxygens (including phenoxy) is 1. The Bertz CT molecular complexity index is 430. The summed E-state index contributed by atoms with van der Waals surface area (Å²) in [6.07, 6.45) is -4.18. The molecule has 0 saturated heterocycles. The van der Waals surface area contributed by atoms with Gasteiger partial charge in [0.05, 0.1) is 0 Å². The molecule has 0 aromatic carbocycles. The Morgan fingerprint density at radius 1 is 1.50 bits per heavy atom. The molecule has 0 atom stereocenters. The van der Waals surface area contributed by atoms with Gasteiger partial charge in [-0.25, -0.2) is 9.78 Å². The molecule has 2 N–H and O–H groups in total. The van der Waals surface area contributed by atoms with Crippen molar-refractivity contribution < 1.29 is 32.9 Å². The first kappa shape index (κ1) is 12.1. The number of rotatable bonds is 2. The molecule has 1 rings (SSSR count). The lowest BCUT2D eigenvalue weighted by Crippen LogP contribution is -2.18. The lowest BCUT2D eigenvalue weighted by atomic mass is 10.1. The third-order valence-electron chi connectivity index (χ3n) is 1.64. The average molecular weight is 237 g/mol. The highest BCUT2D eigenvalue weighted by Crippen LogP contribution is 2.33. The number of carboxylic acids is 1. The zero-order chi connectivity index (χ0) is 12.5. The van der Waals surface area contributed by atoms with Gasteiger partial charge in [0.25, 0.3) is 5.88 Å². The van der Waals surface area contributed by atoms with Crippen LogP contribution in [0.15, 0.2) is 6.20 Å². The summed E-state index contributed by atoms with van der Waals surface area (Å²) in [6.45, 7) is 1.29. The van der Waals surface area contributed by atoms with Gasteiger partial charge in [-0.05, 0) is 12.5 Å². The van der Waals surface area contributed by atoms with Crippen molar-refractivity contribution in [3.63, 3.8) is 0 Å². The molecule has 0 saturated carbocycles. The number of aromatic carboxylic acids is 1. The highest BCUT2D eigenvalue weighted by Gasteiger charge is 2.34. The molecule has 1 aromatic heterocycles. The molecule has 0 radical (unpaired) electrons. The Labute approximate surface area is 87.1 Å². The van der Waals surface area contributed by atoms with Gasteiger partial charge in [-0.2, -0.15) is 0 Å². The molecule has 0 fully saturated rings. The molecule has 0 bridgehead atoms. The highest BCUT2D eigenvalue weighted by molar-refractivity contribution is 5.93. The zero-order valence-corrected chi connectivity index (χ0v) is 7.87. The van der Waals surface area contributed by atoms with Crippen molar-refractivity contribution in [2.24, 2.45) is 0 Å². The lowest BCUT2D eigenvalue weighted by Gasteiger charge is -2.11. The predicted molar refractivity (Wildman–Crippen MR) is 44.3 cm³/mol. The number of aryl methyl sites for hydroxylation is 1. The minimum Gasteiger partial charge on any atom is -0.502 e. The Morgan fingerprint density at radius 3 is 2.50 bits per heavy atom. The van der Waals surface area contributed by atoms with Crippen molar-refractivity contribution in [1.29, 1.82) is 0 Å². The molecule has 1 aromatic rings. The average Bonchev–Trinajstić information content (AvgIpc) is 2.07. The maximum absolute atomic E-state index is 11.8. The van der Waals surface area contributed by atoms with E-state index in [0.717, 1.165) is 6.20 Å². The van der Waals surface area contributed by atoms with Crippen LogP contribution in [0.2, 0.25) is 0 Å². The van der Waals surface area contributed by atoms with Crippen molar-refractivity contribution >= 4 is 5.97 Å². The van der Waals surface area contributed by atoms with Crippen LogP contribution in [0.5, 0.6) is 11.6 Å². The fourth-order valence-corrected chi connectivity index (χ4v) is 1.03. The zero-order valence-electron chi connectivity index (χ0n) is 7.87. The quantitative estimate of drug-likeness (QED) is 0.818. The van der Waals surface area contributed by atoms with E-state index in [4.69, 9.17) is 5.11 Å². The van der Waals surface area contributed by atoms with E-state index in [9.17, 15) is 23.1 Å². The number of halogens is 3. The van der Waals surface area contributed by atoms with E-state index in [2.05, 4.69) is 9.72 Å². The summed E-state index contributed by atoms with van der Waals surface area (Å²) in [5, 5.41) is 17.9. The van der Waals surface area contributed by atoms with Crippen LogP contribution in [0.4, 0.5) is 13.2 Å².